The number of aromatic nitrogens is 2. The predicted octanol–water partition coefficient (Wildman–Crippen LogP) is 5.02. The van der Waals surface area contributed by atoms with Gasteiger partial charge in [-0.05, 0) is 74.8 Å². The fourth-order valence-corrected chi connectivity index (χ4v) is 4.78. The number of hydrogen-bond donors (Lipinski definition) is 2. The maximum atomic E-state index is 11.7. The highest BCUT2D eigenvalue weighted by Crippen LogP contribution is 2.40. The van der Waals surface area contributed by atoms with E-state index < -0.39 is 5.41 Å². The van der Waals surface area contributed by atoms with Gasteiger partial charge in [0.05, 0.1) is 41.2 Å². The molecule has 2 amide bonds. The number of ether oxygens (including phenoxy) is 1. The Balaban J connectivity index is 0.000000530. The molecule has 2 aromatic carbocycles. The third-order valence-electron chi connectivity index (χ3n) is 7.59. The van der Waals surface area contributed by atoms with Crippen LogP contribution in [0.5, 0.6) is 0 Å². The van der Waals surface area contributed by atoms with Gasteiger partial charge in [-0.25, -0.2) is 4.98 Å². The van der Waals surface area contributed by atoms with E-state index in [4.69, 9.17) is 4.74 Å². The quantitative estimate of drug-likeness (QED) is 0.265. The van der Waals surface area contributed by atoms with Crippen LogP contribution in [0.2, 0.25) is 0 Å². The van der Waals surface area contributed by atoms with Crippen molar-refractivity contribution in [3.63, 3.8) is 0 Å². The lowest BCUT2D eigenvalue weighted by atomic mass is 9.86. The van der Waals surface area contributed by atoms with Gasteiger partial charge in [0, 0.05) is 49.6 Å². The average Bonchev–Trinajstić information content (AvgIpc) is 3.58. The van der Waals surface area contributed by atoms with Crippen molar-refractivity contribution in [2.45, 2.75) is 31.7 Å². The van der Waals surface area contributed by atoms with Crippen LogP contribution in [-0.2, 0) is 19.7 Å². The van der Waals surface area contributed by atoms with E-state index in [1.807, 2.05) is 81.4 Å². The zero-order valence-corrected chi connectivity index (χ0v) is 25.2. The Kier molecular flexibility index (Phi) is 10.0. The van der Waals surface area contributed by atoms with Crippen molar-refractivity contribution < 1.29 is 14.3 Å². The van der Waals surface area contributed by atoms with E-state index in [1.165, 1.54) is 11.3 Å². The summed E-state index contributed by atoms with van der Waals surface area (Å²) in [6, 6.07) is 20.3. The lowest BCUT2D eigenvalue weighted by Crippen LogP contribution is -2.24. The number of nitrogens with zero attached hydrogens (tertiary/aromatic N) is 5. The van der Waals surface area contributed by atoms with Gasteiger partial charge < -0.3 is 25.2 Å². The van der Waals surface area contributed by atoms with Gasteiger partial charge in [-0.2, -0.15) is 5.26 Å². The largest absolute Gasteiger partial charge is 0.380 e. The number of anilines is 4. The summed E-state index contributed by atoms with van der Waals surface area (Å²) >= 11 is 0. The van der Waals surface area contributed by atoms with E-state index in [0.717, 1.165) is 58.6 Å². The van der Waals surface area contributed by atoms with Crippen LogP contribution in [0.25, 0.3) is 22.0 Å². The van der Waals surface area contributed by atoms with Gasteiger partial charge in [0.2, 0.25) is 12.8 Å². The molecule has 1 aliphatic rings. The predicted molar refractivity (Wildman–Crippen MR) is 171 cm³/mol. The zero-order chi connectivity index (χ0) is 31.0. The number of fused-ring (bicyclic) bond motifs is 1. The number of nitrogens with one attached hydrogen (secondary N) is 2. The van der Waals surface area contributed by atoms with Crippen LogP contribution >= 0.6 is 0 Å². The second-order valence-electron chi connectivity index (χ2n) is 10.8. The fourth-order valence-electron chi connectivity index (χ4n) is 4.78. The number of hydrogen-bond acceptors (Lipinski definition) is 8. The summed E-state index contributed by atoms with van der Waals surface area (Å²) in [5.74, 6) is 0.467. The highest BCUT2D eigenvalue weighted by Gasteiger charge is 2.21. The van der Waals surface area contributed by atoms with Crippen molar-refractivity contribution in [1.29, 1.82) is 5.26 Å². The minimum Gasteiger partial charge on any atom is -0.380 e. The van der Waals surface area contributed by atoms with Gasteiger partial charge in [-0.3, -0.25) is 14.6 Å². The van der Waals surface area contributed by atoms with Crippen molar-refractivity contribution in [3.8, 4) is 17.2 Å². The van der Waals surface area contributed by atoms with Crippen molar-refractivity contribution in [1.82, 2.24) is 15.3 Å². The van der Waals surface area contributed by atoms with Gasteiger partial charge >= 0.3 is 0 Å². The Labute approximate surface area is 252 Å². The summed E-state index contributed by atoms with van der Waals surface area (Å²) in [7, 11) is 5.60. The third-order valence-corrected chi connectivity index (χ3v) is 7.59. The van der Waals surface area contributed by atoms with Gasteiger partial charge in [0.15, 0.2) is 0 Å². The summed E-state index contributed by atoms with van der Waals surface area (Å²) in [5, 5.41) is 16.0. The minimum atomic E-state index is -0.594. The first-order valence-electron chi connectivity index (χ1n) is 14.0. The van der Waals surface area contributed by atoms with Crippen molar-refractivity contribution in [2.24, 2.45) is 0 Å². The molecule has 1 fully saturated rings. The van der Waals surface area contributed by atoms with Crippen molar-refractivity contribution in [3.05, 3.63) is 72.6 Å². The van der Waals surface area contributed by atoms with Crippen LogP contribution in [0, 0.1) is 11.3 Å². The average molecular weight is 580 g/mol. The molecule has 1 aliphatic heterocycles. The van der Waals surface area contributed by atoms with Gasteiger partial charge in [-0.1, -0.05) is 18.2 Å². The molecule has 2 aromatic heterocycles. The van der Waals surface area contributed by atoms with Gasteiger partial charge in [0.1, 0.15) is 5.82 Å². The van der Waals surface area contributed by atoms with Crippen LogP contribution in [0.15, 0.2) is 67.0 Å². The molecule has 10 heteroatoms. The van der Waals surface area contributed by atoms with E-state index in [-0.39, 0.29) is 0 Å². The lowest BCUT2D eigenvalue weighted by Gasteiger charge is -2.27. The summed E-state index contributed by atoms with van der Waals surface area (Å²) < 4.78 is 5.09. The molecule has 0 radical (unpaired) electrons. The topological polar surface area (TPSA) is 123 Å². The molecule has 4 aromatic rings. The Morgan fingerprint density at radius 3 is 2.33 bits per heavy atom. The number of carbonyl (C=O) groups excluding carboxylic acids is 2. The lowest BCUT2D eigenvalue weighted by molar-refractivity contribution is -0.107. The first-order chi connectivity index (χ1) is 20.7. The highest BCUT2D eigenvalue weighted by molar-refractivity contribution is 6.04. The Morgan fingerprint density at radius 1 is 1.02 bits per heavy atom. The molecule has 1 unspecified atom stereocenters. The first kappa shape index (κ1) is 31.1. The van der Waals surface area contributed by atoms with E-state index in [1.54, 1.807) is 25.5 Å². The molecule has 222 valence electrons. The smallest absolute Gasteiger partial charge is 0.213 e. The van der Waals surface area contributed by atoms with Crippen LogP contribution in [-0.4, -0.2) is 63.2 Å². The van der Waals surface area contributed by atoms with Crippen LogP contribution in [0.1, 0.15) is 25.8 Å². The molecule has 0 saturated carbocycles. The Bertz CT molecular complexity index is 1590. The molecule has 2 N–H and O–H groups in total. The molecule has 0 bridgehead atoms. The molecule has 10 nitrogen and oxygen atoms in total. The molecular weight excluding hydrogens is 542 g/mol. The summed E-state index contributed by atoms with van der Waals surface area (Å²) in [4.78, 5) is 34.8. The molecule has 0 spiro atoms. The molecular formula is C33H37N7O3. The fraction of sp³-hybridized carbons (Fsp3) is 0.303. The number of pyridine rings is 2. The first-order valence-corrected chi connectivity index (χ1v) is 14.0. The number of carbonyl (C=O) groups is 2. The van der Waals surface area contributed by atoms with E-state index in [2.05, 4.69) is 26.7 Å². The summed E-state index contributed by atoms with van der Waals surface area (Å²) in [5.41, 5.74) is 5.27. The molecule has 5 rings (SSSR count). The van der Waals surface area contributed by atoms with Crippen LogP contribution in [0.3, 0.4) is 0 Å². The number of benzene rings is 2. The molecule has 0 aliphatic carbocycles. The van der Waals surface area contributed by atoms with Crippen molar-refractivity contribution >= 4 is 46.6 Å². The molecule has 43 heavy (non-hydrogen) atoms. The van der Waals surface area contributed by atoms with Gasteiger partial charge in [-0.15, -0.1) is 0 Å². The van der Waals surface area contributed by atoms with E-state index in [0.29, 0.717) is 24.0 Å². The monoisotopic (exact) mass is 579 g/mol. The highest BCUT2D eigenvalue weighted by atomic mass is 16.5. The molecule has 1 atom stereocenters. The van der Waals surface area contributed by atoms with E-state index >= 15 is 0 Å². The summed E-state index contributed by atoms with van der Waals surface area (Å²) in [6.45, 7) is 5.61. The van der Waals surface area contributed by atoms with E-state index in [9.17, 15) is 14.9 Å². The SMILES string of the molecule is CN(C=O)c1cnc2ccc(-c3ccc(NC=O)nc3)cc2c1N(C)c1ccc(C(C)(C)C#N)cc1.CNC1CCOC1. The number of amides is 2. The number of likely N-dealkylation sites (N-methyl/N-ethyl adjacent to an activating group) is 1. The van der Waals surface area contributed by atoms with Gasteiger partial charge in [0.25, 0.3) is 0 Å². The standard InChI is InChI=1S/C28H26N6O2.C5H11NO/c1-28(2,16-29)21-7-9-22(10-8-21)34(4)27-23-13-19(20-6-12-26(31-14-20)32-17-35)5-11-24(23)30-15-25(27)33(3)18-36;1-6-5-2-3-7-4-5/h5-15,17-18H,1-4H3,(H,31,32,35);5-6H,2-4H2,1H3. The van der Waals surface area contributed by atoms with Crippen LogP contribution < -0.4 is 20.4 Å². The number of rotatable bonds is 9. The molecule has 1 saturated heterocycles. The maximum Gasteiger partial charge on any atom is 0.213 e. The van der Waals surface area contributed by atoms with Crippen molar-refractivity contribution in [2.75, 3.05) is 49.5 Å². The second kappa shape index (κ2) is 13.9. The summed E-state index contributed by atoms with van der Waals surface area (Å²) in [6.07, 6.45) is 5.91. The minimum absolute atomic E-state index is 0.467. The second-order valence-corrected chi connectivity index (χ2v) is 10.8. The third kappa shape index (κ3) is 7.15. The van der Waals surface area contributed by atoms with Crippen LogP contribution in [0.4, 0.5) is 22.9 Å². The normalized spacial score (nSPS) is 14.3. The molecule has 3 heterocycles. The number of nitriles is 1. The Hall–Kier alpha value is -4.85. The Morgan fingerprint density at radius 2 is 1.77 bits per heavy atom. The zero-order valence-electron chi connectivity index (χ0n) is 25.2. The maximum absolute atomic E-state index is 11.7.